The lowest BCUT2D eigenvalue weighted by atomic mass is 10.4. The molecule has 0 aromatic carbocycles. The van der Waals surface area contributed by atoms with Gasteiger partial charge in [-0.05, 0) is 12.8 Å². The second-order valence-corrected chi connectivity index (χ2v) is 3.66. The average Bonchev–Trinajstić information content (AvgIpc) is 2.92. The van der Waals surface area contributed by atoms with Crippen LogP contribution in [0.1, 0.15) is 12.8 Å². The molecular weight excluding hydrogens is 183 g/mol. The summed E-state index contributed by atoms with van der Waals surface area (Å²) < 4.78 is 19.1. The highest BCUT2D eigenvalue weighted by Crippen LogP contribution is 2.30. The van der Waals surface area contributed by atoms with Gasteiger partial charge in [-0.25, -0.2) is 4.98 Å². The van der Waals surface area contributed by atoms with Crippen molar-refractivity contribution >= 4 is 5.82 Å². The molecule has 0 aliphatic heterocycles. The van der Waals surface area contributed by atoms with E-state index in [0.29, 0.717) is 11.6 Å². The maximum absolute atomic E-state index is 13.7. The number of hydrogen-bond acceptors (Lipinski definition) is 3. The van der Waals surface area contributed by atoms with Crippen LogP contribution in [-0.4, -0.2) is 25.2 Å². The summed E-state index contributed by atoms with van der Waals surface area (Å²) in [4.78, 5) is 5.57. The Labute approximate surface area is 82.5 Å². The zero-order chi connectivity index (χ0) is 10.1. The first kappa shape index (κ1) is 9.24. The highest BCUT2D eigenvalue weighted by atomic mass is 19.1. The second-order valence-electron chi connectivity index (χ2n) is 3.66. The summed E-state index contributed by atoms with van der Waals surface area (Å²) in [5.74, 6) is 0.263. The summed E-state index contributed by atoms with van der Waals surface area (Å²) in [7, 11) is 3.51. The minimum atomic E-state index is -0.371. The van der Waals surface area contributed by atoms with E-state index in [1.807, 2.05) is 0 Å². The predicted molar refractivity (Wildman–Crippen MR) is 52.2 cm³/mol. The van der Waals surface area contributed by atoms with Crippen LogP contribution < -0.4 is 9.64 Å². The molecule has 76 valence electrons. The smallest absolute Gasteiger partial charge is 0.207 e. The normalized spacial score (nSPS) is 15.4. The van der Waals surface area contributed by atoms with Crippen molar-refractivity contribution in [2.24, 2.45) is 0 Å². The molecule has 0 atom stereocenters. The first-order chi connectivity index (χ1) is 6.68. The van der Waals surface area contributed by atoms with Crippen LogP contribution >= 0.6 is 0 Å². The fourth-order valence-electron chi connectivity index (χ4n) is 1.18. The van der Waals surface area contributed by atoms with Crippen LogP contribution in [0.2, 0.25) is 0 Å². The van der Waals surface area contributed by atoms with Crippen LogP contribution in [0.5, 0.6) is 5.75 Å². The lowest BCUT2D eigenvalue weighted by Gasteiger charge is -2.14. The van der Waals surface area contributed by atoms with E-state index in [2.05, 4.69) is 4.98 Å². The number of ether oxygens (including phenoxy) is 1. The Morgan fingerprint density at radius 2 is 2.21 bits per heavy atom. The Hall–Kier alpha value is -1.32. The van der Waals surface area contributed by atoms with Gasteiger partial charge in [-0.2, -0.15) is 4.39 Å². The van der Waals surface area contributed by atoms with Crippen LogP contribution in [-0.2, 0) is 0 Å². The zero-order valence-corrected chi connectivity index (χ0v) is 8.33. The van der Waals surface area contributed by atoms with Gasteiger partial charge >= 0.3 is 0 Å². The molecule has 0 spiro atoms. The molecule has 1 aliphatic rings. The van der Waals surface area contributed by atoms with Crippen molar-refractivity contribution in [2.45, 2.75) is 18.9 Å². The summed E-state index contributed by atoms with van der Waals surface area (Å²) in [6, 6.07) is 1.57. The molecule has 0 unspecified atom stereocenters. The predicted octanol–water partition coefficient (Wildman–Crippen LogP) is 1.83. The molecule has 4 heteroatoms. The van der Waals surface area contributed by atoms with Gasteiger partial charge in [0.05, 0.1) is 6.10 Å². The number of aromatic nitrogens is 1. The molecule has 2 rings (SSSR count). The third kappa shape index (κ3) is 1.78. The first-order valence-electron chi connectivity index (χ1n) is 4.67. The third-order valence-electron chi connectivity index (χ3n) is 2.08. The molecule has 1 saturated carbocycles. The van der Waals surface area contributed by atoms with Crippen molar-refractivity contribution in [3.63, 3.8) is 0 Å². The molecule has 1 heterocycles. The first-order valence-corrected chi connectivity index (χ1v) is 4.67. The van der Waals surface area contributed by atoms with Crippen LogP contribution in [0.4, 0.5) is 10.2 Å². The number of pyridine rings is 1. The minimum Gasteiger partial charge on any atom is -0.487 e. The van der Waals surface area contributed by atoms with Crippen molar-refractivity contribution in [3.05, 3.63) is 18.1 Å². The molecule has 1 fully saturated rings. The van der Waals surface area contributed by atoms with E-state index in [1.54, 1.807) is 31.3 Å². The minimum absolute atomic E-state index is 0.210. The standard InChI is InChI=1S/C10H13FN2O/c1-13(2)10-9(11)8(5-6-12-10)14-7-3-4-7/h5-7H,3-4H2,1-2H3. The zero-order valence-electron chi connectivity index (χ0n) is 8.33. The lowest BCUT2D eigenvalue weighted by Crippen LogP contribution is -2.13. The summed E-state index contributed by atoms with van der Waals surface area (Å²) in [5, 5.41) is 0. The van der Waals surface area contributed by atoms with E-state index in [4.69, 9.17) is 4.74 Å². The Bertz CT molecular complexity index is 337. The van der Waals surface area contributed by atoms with E-state index < -0.39 is 0 Å². The van der Waals surface area contributed by atoms with Crippen molar-refractivity contribution < 1.29 is 9.13 Å². The maximum atomic E-state index is 13.7. The Morgan fingerprint density at radius 3 is 2.79 bits per heavy atom. The van der Waals surface area contributed by atoms with Crippen LogP contribution in [0.3, 0.4) is 0 Å². The van der Waals surface area contributed by atoms with E-state index >= 15 is 0 Å². The summed E-state index contributed by atoms with van der Waals surface area (Å²) in [6.07, 6.45) is 3.83. The van der Waals surface area contributed by atoms with Gasteiger partial charge in [-0.1, -0.05) is 0 Å². The van der Waals surface area contributed by atoms with Gasteiger partial charge < -0.3 is 9.64 Å². The molecule has 0 bridgehead atoms. The van der Waals surface area contributed by atoms with E-state index in [1.165, 1.54) is 0 Å². The number of hydrogen-bond donors (Lipinski definition) is 0. The van der Waals surface area contributed by atoms with E-state index in [9.17, 15) is 4.39 Å². The van der Waals surface area contributed by atoms with Gasteiger partial charge in [0.15, 0.2) is 11.6 Å². The lowest BCUT2D eigenvalue weighted by molar-refractivity contribution is 0.287. The van der Waals surface area contributed by atoms with E-state index in [0.717, 1.165) is 12.8 Å². The van der Waals surface area contributed by atoms with E-state index in [-0.39, 0.29) is 11.9 Å². The molecule has 0 saturated heterocycles. The van der Waals surface area contributed by atoms with Crippen molar-refractivity contribution in [3.8, 4) is 5.75 Å². The van der Waals surface area contributed by atoms with Gasteiger partial charge in [0.2, 0.25) is 5.82 Å². The third-order valence-corrected chi connectivity index (χ3v) is 2.08. The maximum Gasteiger partial charge on any atom is 0.207 e. The number of anilines is 1. The average molecular weight is 196 g/mol. The number of rotatable bonds is 3. The quantitative estimate of drug-likeness (QED) is 0.737. The number of nitrogens with zero attached hydrogens (tertiary/aromatic N) is 2. The van der Waals surface area contributed by atoms with Crippen molar-refractivity contribution in [2.75, 3.05) is 19.0 Å². The number of halogens is 1. The second kappa shape index (κ2) is 3.44. The molecule has 0 N–H and O–H groups in total. The molecule has 1 aromatic rings. The van der Waals surface area contributed by atoms with Crippen molar-refractivity contribution in [1.82, 2.24) is 4.98 Å². The topological polar surface area (TPSA) is 25.4 Å². The van der Waals surface area contributed by atoms with Crippen LogP contribution in [0, 0.1) is 5.82 Å². The van der Waals surface area contributed by atoms with Gasteiger partial charge in [0.25, 0.3) is 0 Å². The SMILES string of the molecule is CN(C)c1nccc(OC2CC2)c1F. The largest absolute Gasteiger partial charge is 0.487 e. The fraction of sp³-hybridized carbons (Fsp3) is 0.500. The van der Waals surface area contributed by atoms with Crippen LogP contribution in [0.25, 0.3) is 0 Å². The highest BCUT2D eigenvalue weighted by Gasteiger charge is 2.25. The Kier molecular flexibility index (Phi) is 2.27. The molecule has 3 nitrogen and oxygen atoms in total. The summed E-state index contributed by atoms with van der Waals surface area (Å²) >= 11 is 0. The summed E-state index contributed by atoms with van der Waals surface area (Å²) in [6.45, 7) is 0. The van der Waals surface area contributed by atoms with Gasteiger partial charge in [-0.15, -0.1) is 0 Å². The molecule has 0 radical (unpaired) electrons. The Balaban J connectivity index is 2.25. The highest BCUT2D eigenvalue weighted by molar-refractivity contribution is 5.44. The molecule has 1 aromatic heterocycles. The monoisotopic (exact) mass is 196 g/mol. The van der Waals surface area contributed by atoms with Gasteiger partial charge in [-0.3, -0.25) is 0 Å². The van der Waals surface area contributed by atoms with Gasteiger partial charge in [0, 0.05) is 26.4 Å². The van der Waals surface area contributed by atoms with Crippen LogP contribution in [0.15, 0.2) is 12.3 Å². The Morgan fingerprint density at radius 1 is 1.50 bits per heavy atom. The molecule has 0 amide bonds. The van der Waals surface area contributed by atoms with Gasteiger partial charge in [0.1, 0.15) is 0 Å². The molecule has 1 aliphatic carbocycles. The fourth-order valence-corrected chi connectivity index (χ4v) is 1.18. The molecular formula is C10H13FN2O. The molecule has 14 heavy (non-hydrogen) atoms. The van der Waals surface area contributed by atoms with Crippen molar-refractivity contribution in [1.29, 1.82) is 0 Å². The summed E-state index contributed by atoms with van der Waals surface area (Å²) in [5.41, 5.74) is 0.